The maximum atomic E-state index is 10.8. The van der Waals surface area contributed by atoms with Gasteiger partial charge < -0.3 is 4.42 Å². The Hall–Kier alpha value is -1.91. The van der Waals surface area contributed by atoms with Crippen molar-refractivity contribution in [2.24, 2.45) is 0 Å². The van der Waals surface area contributed by atoms with Crippen molar-refractivity contribution in [3.8, 4) is 0 Å². The number of oxazole rings is 1. The molecule has 78 valence electrons. The van der Waals surface area contributed by atoms with Crippen LogP contribution in [0, 0.1) is 17.0 Å². The van der Waals surface area contributed by atoms with Crippen molar-refractivity contribution in [1.82, 2.24) is 4.98 Å². The molecule has 5 nitrogen and oxygen atoms in total. The summed E-state index contributed by atoms with van der Waals surface area (Å²) < 4.78 is 5.31. The Morgan fingerprint density at radius 2 is 2.27 bits per heavy atom. The molecule has 0 fully saturated rings. The van der Waals surface area contributed by atoms with Crippen LogP contribution in [-0.4, -0.2) is 9.91 Å². The standard InChI is InChI=1S/C10H10N2O3/c1-3-7-4-10-8(11-6(2)15-10)5-9(7)12(13)14/h4-5H,3H2,1-2H3. The molecule has 0 aliphatic rings. The Morgan fingerprint density at radius 3 is 2.87 bits per heavy atom. The highest BCUT2D eigenvalue weighted by molar-refractivity contribution is 5.77. The van der Waals surface area contributed by atoms with Crippen LogP contribution in [0.25, 0.3) is 11.1 Å². The Morgan fingerprint density at radius 1 is 1.53 bits per heavy atom. The van der Waals surface area contributed by atoms with Crippen LogP contribution in [0.5, 0.6) is 0 Å². The minimum Gasteiger partial charge on any atom is -0.441 e. The smallest absolute Gasteiger partial charge is 0.275 e. The molecule has 1 aromatic heterocycles. The summed E-state index contributed by atoms with van der Waals surface area (Å²) in [5.41, 5.74) is 1.92. The van der Waals surface area contributed by atoms with Crippen molar-refractivity contribution in [1.29, 1.82) is 0 Å². The number of benzene rings is 1. The molecule has 1 aromatic carbocycles. The van der Waals surface area contributed by atoms with Gasteiger partial charge in [-0.25, -0.2) is 4.98 Å². The molecular formula is C10H10N2O3. The summed E-state index contributed by atoms with van der Waals surface area (Å²) in [6.07, 6.45) is 0.603. The molecule has 0 saturated carbocycles. The van der Waals surface area contributed by atoms with Gasteiger partial charge in [0.1, 0.15) is 5.52 Å². The van der Waals surface area contributed by atoms with E-state index in [1.807, 2.05) is 6.92 Å². The minimum atomic E-state index is -0.387. The highest BCUT2D eigenvalue weighted by Gasteiger charge is 2.16. The third-order valence-corrected chi connectivity index (χ3v) is 2.27. The van der Waals surface area contributed by atoms with Crippen LogP contribution in [0.1, 0.15) is 18.4 Å². The van der Waals surface area contributed by atoms with E-state index in [-0.39, 0.29) is 10.6 Å². The predicted octanol–water partition coefficient (Wildman–Crippen LogP) is 2.61. The number of rotatable bonds is 2. The second kappa shape index (κ2) is 3.34. The third-order valence-electron chi connectivity index (χ3n) is 2.27. The molecule has 0 aliphatic carbocycles. The van der Waals surface area contributed by atoms with E-state index in [0.717, 1.165) is 0 Å². The monoisotopic (exact) mass is 206 g/mol. The second-order valence-electron chi connectivity index (χ2n) is 3.29. The summed E-state index contributed by atoms with van der Waals surface area (Å²) in [6.45, 7) is 3.59. The first kappa shape index (κ1) is 9.64. The van der Waals surface area contributed by atoms with E-state index >= 15 is 0 Å². The quantitative estimate of drug-likeness (QED) is 0.559. The molecule has 0 unspecified atom stereocenters. The van der Waals surface area contributed by atoms with Gasteiger partial charge in [0, 0.05) is 18.6 Å². The van der Waals surface area contributed by atoms with Crippen molar-refractivity contribution in [3.63, 3.8) is 0 Å². The molecule has 2 rings (SSSR count). The number of nitrogens with zero attached hydrogens (tertiary/aromatic N) is 2. The largest absolute Gasteiger partial charge is 0.441 e. The van der Waals surface area contributed by atoms with E-state index < -0.39 is 0 Å². The van der Waals surface area contributed by atoms with Gasteiger partial charge in [-0.3, -0.25) is 10.1 Å². The summed E-state index contributed by atoms with van der Waals surface area (Å²) in [5, 5.41) is 10.8. The van der Waals surface area contributed by atoms with Gasteiger partial charge in [-0.05, 0) is 12.5 Å². The molecule has 0 aliphatic heterocycles. The Balaban J connectivity index is 2.73. The first-order valence-electron chi connectivity index (χ1n) is 4.66. The van der Waals surface area contributed by atoms with Crippen LogP contribution in [0.4, 0.5) is 5.69 Å². The molecule has 2 aromatic rings. The van der Waals surface area contributed by atoms with Gasteiger partial charge >= 0.3 is 0 Å². The van der Waals surface area contributed by atoms with Gasteiger partial charge in [0.15, 0.2) is 11.5 Å². The van der Waals surface area contributed by atoms with Crippen molar-refractivity contribution in [2.45, 2.75) is 20.3 Å². The normalized spacial score (nSPS) is 10.8. The lowest BCUT2D eigenvalue weighted by Gasteiger charge is -1.98. The lowest BCUT2D eigenvalue weighted by molar-refractivity contribution is -0.385. The fourth-order valence-corrected chi connectivity index (χ4v) is 1.57. The zero-order valence-electron chi connectivity index (χ0n) is 8.48. The summed E-state index contributed by atoms with van der Waals surface area (Å²) in [4.78, 5) is 14.5. The lowest BCUT2D eigenvalue weighted by Crippen LogP contribution is -1.93. The van der Waals surface area contributed by atoms with Crippen LogP contribution in [-0.2, 0) is 6.42 Å². The Bertz CT molecular complexity index is 531. The van der Waals surface area contributed by atoms with E-state index in [1.54, 1.807) is 13.0 Å². The Kier molecular flexibility index (Phi) is 2.15. The number of nitro benzene ring substituents is 1. The van der Waals surface area contributed by atoms with E-state index in [0.29, 0.717) is 29.0 Å². The lowest BCUT2D eigenvalue weighted by atomic mass is 10.1. The van der Waals surface area contributed by atoms with E-state index in [1.165, 1.54) is 6.07 Å². The topological polar surface area (TPSA) is 69.2 Å². The summed E-state index contributed by atoms with van der Waals surface area (Å²) in [6, 6.07) is 3.15. The van der Waals surface area contributed by atoms with Crippen molar-refractivity contribution >= 4 is 16.8 Å². The first-order chi connectivity index (χ1) is 7.11. The first-order valence-corrected chi connectivity index (χ1v) is 4.66. The Labute approximate surface area is 85.9 Å². The molecule has 5 heteroatoms. The second-order valence-corrected chi connectivity index (χ2v) is 3.29. The predicted molar refractivity (Wildman–Crippen MR) is 54.8 cm³/mol. The van der Waals surface area contributed by atoms with E-state index in [9.17, 15) is 10.1 Å². The maximum absolute atomic E-state index is 10.8. The molecule has 0 amide bonds. The summed E-state index contributed by atoms with van der Waals surface area (Å²) in [5.74, 6) is 0.521. The molecule has 1 heterocycles. The molecule has 15 heavy (non-hydrogen) atoms. The highest BCUT2D eigenvalue weighted by Crippen LogP contribution is 2.26. The van der Waals surface area contributed by atoms with Crippen LogP contribution in [0.3, 0.4) is 0 Å². The van der Waals surface area contributed by atoms with Crippen molar-refractivity contribution < 1.29 is 9.34 Å². The third kappa shape index (κ3) is 1.56. The molecular weight excluding hydrogens is 196 g/mol. The van der Waals surface area contributed by atoms with Crippen LogP contribution < -0.4 is 0 Å². The van der Waals surface area contributed by atoms with Crippen molar-refractivity contribution in [2.75, 3.05) is 0 Å². The minimum absolute atomic E-state index is 0.110. The van der Waals surface area contributed by atoms with Crippen LogP contribution >= 0.6 is 0 Å². The van der Waals surface area contributed by atoms with Gasteiger partial charge in [0.05, 0.1) is 4.92 Å². The number of fused-ring (bicyclic) bond motifs is 1. The van der Waals surface area contributed by atoms with Gasteiger partial charge in [0.25, 0.3) is 5.69 Å². The number of hydrogen-bond acceptors (Lipinski definition) is 4. The summed E-state index contributed by atoms with van der Waals surface area (Å²) >= 11 is 0. The number of aryl methyl sites for hydroxylation is 2. The van der Waals surface area contributed by atoms with E-state index in [2.05, 4.69) is 4.98 Å². The number of aromatic nitrogens is 1. The summed E-state index contributed by atoms with van der Waals surface area (Å²) in [7, 11) is 0. The zero-order valence-corrected chi connectivity index (χ0v) is 8.48. The van der Waals surface area contributed by atoms with Gasteiger partial charge in [-0.15, -0.1) is 0 Å². The van der Waals surface area contributed by atoms with Crippen LogP contribution in [0.2, 0.25) is 0 Å². The fraction of sp³-hybridized carbons (Fsp3) is 0.300. The highest BCUT2D eigenvalue weighted by atomic mass is 16.6. The fourth-order valence-electron chi connectivity index (χ4n) is 1.57. The van der Waals surface area contributed by atoms with Gasteiger partial charge in [0.2, 0.25) is 0 Å². The molecule has 0 saturated heterocycles. The number of nitro groups is 1. The average Bonchev–Trinajstić information content (AvgIpc) is 2.54. The molecule has 0 N–H and O–H groups in total. The van der Waals surface area contributed by atoms with E-state index in [4.69, 9.17) is 4.42 Å². The molecule has 0 radical (unpaired) electrons. The molecule has 0 bridgehead atoms. The van der Waals surface area contributed by atoms with Crippen molar-refractivity contribution in [3.05, 3.63) is 33.7 Å². The average molecular weight is 206 g/mol. The maximum Gasteiger partial charge on any atom is 0.275 e. The van der Waals surface area contributed by atoms with Gasteiger partial charge in [-0.2, -0.15) is 0 Å². The van der Waals surface area contributed by atoms with Crippen LogP contribution in [0.15, 0.2) is 16.5 Å². The number of hydrogen-bond donors (Lipinski definition) is 0. The zero-order chi connectivity index (χ0) is 11.0. The van der Waals surface area contributed by atoms with Gasteiger partial charge in [-0.1, -0.05) is 6.92 Å². The molecule has 0 atom stereocenters. The molecule has 0 spiro atoms. The SMILES string of the molecule is CCc1cc2oc(C)nc2cc1[N+](=O)[O-].